The van der Waals surface area contributed by atoms with E-state index in [9.17, 15) is 4.79 Å². The van der Waals surface area contributed by atoms with E-state index in [2.05, 4.69) is 6.58 Å². The summed E-state index contributed by atoms with van der Waals surface area (Å²) in [7, 11) is 1.66. The van der Waals surface area contributed by atoms with Gasteiger partial charge in [0.05, 0.1) is 6.61 Å². The van der Waals surface area contributed by atoms with Crippen LogP contribution in [0.1, 0.15) is 19.3 Å². The monoisotopic (exact) mass is 183 g/mol. The maximum atomic E-state index is 11.4. The molecule has 1 unspecified atom stereocenters. The van der Waals surface area contributed by atoms with Crippen LogP contribution in [0.2, 0.25) is 0 Å². The van der Waals surface area contributed by atoms with Crippen LogP contribution in [0.4, 0.5) is 0 Å². The number of nitrogens with zero attached hydrogens (tertiary/aromatic N) is 1. The van der Waals surface area contributed by atoms with Crippen LogP contribution in [0.3, 0.4) is 0 Å². The molecule has 1 atom stereocenters. The van der Waals surface area contributed by atoms with E-state index in [0.29, 0.717) is 25.6 Å². The molecular weight excluding hydrogens is 166 g/mol. The van der Waals surface area contributed by atoms with Crippen LogP contribution in [0.15, 0.2) is 12.7 Å². The summed E-state index contributed by atoms with van der Waals surface area (Å²) in [6.07, 6.45) is 4.43. The predicted octanol–water partition coefficient (Wildman–Crippen LogP) is 1.20. The molecule has 3 heteroatoms. The highest BCUT2D eigenvalue weighted by Crippen LogP contribution is 2.20. The summed E-state index contributed by atoms with van der Waals surface area (Å²) in [6, 6.07) is 0.361. The van der Waals surface area contributed by atoms with E-state index in [-0.39, 0.29) is 5.91 Å². The fourth-order valence-corrected chi connectivity index (χ4v) is 1.73. The van der Waals surface area contributed by atoms with E-state index in [1.54, 1.807) is 7.11 Å². The molecule has 1 saturated heterocycles. The van der Waals surface area contributed by atoms with Gasteiger partial charge in [0.25, 0.3) is 0 Å². The topological polar surface area (TPSA) is 29.5 Å². The van der Waals surface area contributed by atoms with Gasteiger partial charge in [-0.05, 0) is 12.8 Å². The molecule has 0 saturated carbocycles. The summed E-state index contributed by atoms with van der Waals surface area (Å²) in [5.74, 6) is 0.254. The Morgan fingerprint density at radius 1 is 1.77 bits per heavy atom. The summed E-state index contributed by atoms with van der Waals surface area (Å²) in [5, 5.41) is 0. The molecule has 0 N–H and O–H groups in total. The number of carbonyl (C=O) groups is 1. The van der Waals surface area contributed by atoms with Gasteiger partial charge in [0.2, 0.25) is 5.91 Å². The highest BCUT2D eigenvalue weighted by atomic mass is 16.5. The number of hydrogen-bond acceptors (Lipinski definition) is 2. The van der Waals surface area contributed by atoms with Gasteiger partial charge in [-0.2, -0.15) is 0 Å². The second-order valence-electron chi connectivity index (χ2n) is 3.30. The van der Waals surface area contributed by atoms with Crippen molar-refractivity contribution in [3.63, 3.8) is 0 Å². The molecule has 0 radical (unpaired) electrons. The van der Waals surface area contributed by atoms with Crippen LogP contribution < -0.4 is 0 Å². The minimum Gasteiger partial charge on any atom is -0.383 e. The van der Waals surface area contributed by atoms with Gasteiger partial charge in [-0.15, -0.1) is 6.58 Å². The number of ether oxygens (including phenoxy) is 1. The first-order valence-electron chi connectivity index (χ1n) is 4.69. The lowest BCUT2D eigenvalue weighted by atomic mass is 10.1. The highest BCUT2D eigenvalue weighted by Gasteiger charge is 2.29. The van der Waals surface area contributed by atoms with Crippen molar-refractivity contribution in [2.75, 3.05) is 20.3 Å². The van der Waals surface area contributed by atoms with Crippen molar-refractivity contribution >= 4 is 5.91 Å². The van der Waals surface area contributed by atoms with Gasteiger partial charge in [-0.25, -0.2) is 0 Å². The summed E-state index contributed by atoms with van der Waals surface area (Å²) >= 11 is 0. The molecule has 1 aliphatic heterocycles. The maximum absolute atomic E-state index is 11.4. The number of likely N-dealkylation sites (tertiary alicyclic amines) is 1. The molecule has 0 aromatic rings. The lowest BCUT2D eigenvalue weighted by Crippen LogP contribution is -2.35. The molecule has 13 heavy (non-hydrogen) atoms. The minimum atomic E-state index is 0.254. The molecule has 1 heterocycles. The zero-order chi connectivity index (χ0) is 9.68. The number of rotatable bonds is 5. The Labute approximate surface area is 79.4 Å². The Bertz CT molecular complexity index is 191. The van der Waals surface area contributed by atoms with Crippen molar-refractivity contribution in [1.29, 1.82) is 0 Å². The second kappa shape index (κ2) is 5.02. The number of methoxy groups -OCH3 is 1. The normalized spacial score (nSPS) is 22.4. The summed E-state index contributed by atoms with van der Waals surface area (Å²) in [5.41, 5.74) is 0. The molecule has 0 bridgehead atoms. The van der Waals surface area contributed by atoms with Crippen molar-refractivity contribution in [3.8, 4) is 0 Å². The summed E-state index contributed by atoms with van der Waals surface area (Å²) in [6.45, 7) is 5.04. The maximum Gasteiger partial charge on any atom is 0.222 e. The second-order valence-corrected chi connectivity index (χ2v) is 3.30. The molecule has 0 aliphatic carbocycles. The third-order valence-corrected chi connectivity index (χ3v) is 2.43. The van der Waals surface area contributed by atoms with Gasteiger partial charge in [0.15, 0.2) is 0 Å². The van der Waals surface area contributed by atoms with Crippen LogP contribution in [-0.2, 0) is 9.53 Å². The zero-order valence-corrected chi connectivity index (χ0v) is 8.16. The molecule has 1 fully saturated rings. The van der Waals surface area contributed by atoms with Gasteiger partial charge in [-0.1, -0.05) is 6.08 Å². The third kappa shape index (κ3) is 2.56. The number of hydrogen-bond donors (Lipinski definition) is 0. The zero-order valence-electron chi connectivity index (χ0n) is 8.16. The van der Waals surface area contributed by atoms with Gasteiger partial charge >= 0.3 is 0 Å². The average molecular weight is 183 g/mol. The molecule has 1 rings (SSSR count). The van der Waals surface area contributed by atoms with E-state index >= 15 is 0 Å². The fourth-order valence-electron chi connectivity index (χ4n) is 1.73. The Morgan fingerprint density at radius 2 is 2.54 bits per heavy atom. The lowest BCUT2D eigenvalue weighted by Gasteiger charge is -2.23. The molecule has 0 aromatic carbocycles. The van der Waals surface area contributed by atoms with Crippen LogP contribution in [-0.4, -0.2) is 37.1 Å². The molecule has 1 amide bonds. The lowest BCUT2D eigenvalue weighted by molar-refractivity contribution is -0.129. The summed E-state index contributed by atoms with van der Waals surface area (Å²) < 4.78 is 4.96. The van der Waals surface area contributed by atoms with Crippen molar-refractivity contribution in [2.45, 2.75) is 25.3 Å². The average Bonchev–Trinajstić information content (AvgIpc) is 2.45. The SMILES string of the molecule is C=CCC1CCC(=O)N1CCOC. The van der Waals surface area contributed by atoms with Crippen molar-refractivity contribution in [3.05, 3.63) is 12.7 Å². The van der Waals surface area contributed by atoms with E-state index in [1.807, 2.05) is 11.0 Å². The van der Waals surface area contributed by atoms with Crippen LogP contribution in [0.25, 0.3) is 0 Å². The van der Waals surface area contributed by atoms with E-state index in [0.717, 1.165) is 12.8 Å². The van der Waals surface area contributed by atoms with Gasteiger partial charge in [0, 0.05) is 26.1 Å². The van der Waals surface area contributed by atoms with Crippen LogP contribution in [0, 0.1) is 0 Å². The third-order valence-electron chi connectivity index (χ3n) is 2.43. The first-order valence-corrected chi connectivity index (χ1v) is 4.69. The number of amides is 1. The molecular formula is C10H17NO2. The Hall–Kier alpha value is -0.830. The molecule has 0 spiro atoms. The van der Waals surface area contributed by atoms with Crippen molar-refractivity contribution in [2.24, 2.45) is 0 Å². The smallest absolute Gasteiger partial charge is 0.222 e. The first-order chi connectivity index (χ1) is 6.29. The van der Waals surface area contributed by atoms with Crippen molar-refractivity contribution in [1.82, 2.24) is 4.90 Å². The molecule has 0 aromatic heterocycles. The van der Waals surface area contributed by atoms with Crippen molar-refractivity contribution < 1.29 is 9.53 Å². The minimum absolute atomic E-state index is 0.254. The quantitative estimate of drug-likeness (QED) is 0.599. The number of carbonyl (C=O) groups excluding carboxylic acids is 1. The van der Waals surface area contributed by atoms with E-state index in [4.69, 9.17) is 4.74 Å². The Balaban J connectivity index is 2.44. The Kier molecular flexibility index (Phi) is 3.96. The summed E-state index contributed by atoms with van der Waals surface area (Å²) in [4.78, 5) is 13.3. The van der Waals surface area contributed by atoms with Crippen LogP contribution in [0.5, 0.6) is 0 Å². The standard InChI is InChI=1S/C10H17NO2/c1-3-4-9-5-6-10(12)11(9)7-8-13-2/h3,9H,1,4-8H2,2H3. The van der Waals surface area contributed by atoms with Gasteiger partial charge in [-0.3, -0.25) is 4.79 Å². The van der Waals surface area contributed by atoms with Gasteiger partial charge in [0.1, 0.15) is 0 Å². The fraction of sp³-hybridized carbons (Fsp3) is 0.700. The molecule has 74 valence electrons. The Morgan fingerprint density at radius 3 is 3.15 bits per heavy atom. The first kappa shape index (κ1) is 10.3. The van der Waals surface area contributed by atoms with Crippen LogP contribution >= 0.6 is 0 Å². The van der Waals surface area contributed by atoms with E-state index in [1.165, 1.54) is 0 Å². The molecule has 1 aliphatic rings. The van der Waals surface area contributed by atoms with Gasteiger partial charge < -0.3 is 9.64 Å². The highest BCUT2D eigenvalue weighted by molar-refractivity contribution is 5.78. The van der Waals surface area contributed by atoms with E-state index < -0.39 is 0 Å². The largest absolute Gasteiger partial charge is 0.383 e. The predicted molar refractivity (Wildman–Crippen MR) is 51.4 cm³/mol. The molecule has 3 nitrogen and oxygen atoms in total.